The van der Waals surface area contributed by atoms with Crippen LogP contribution in [0.1, 0.15) is 12.6 Å². The number of hydrogen-bond donors (Lipinski definition) is 2. The van der Waals surface area contributed by atoms with Crippen molar-refractivity contribution in [2.45, 2.75) is 18.2 Å². The van der Waals surface area contributed by atoms with E-state index in [1.165, 1.54) is 6.07 Å². The van der Waals surface area contributed by atoms with Crippen molar-refractivity contribution in [3.8, 4) is 0 Å². The Bertz CT molecular complexity index is 787. The van der Waals surface area contributed by atoms with Crippen LogP contribution in [0.2, 0.25) is 0 Å². The van der Waals surface area contributed by atoms with Crippen molar-refractivity contribution in [2.75, 3.05) is 4.72 Å². The largest absolute Gasteiger partial charge is 0.292 e. The molecule has 1 aromatic heterocycles. The molecule has 0 saturated carbocycles. The van der Waals surface area contributed by atoms with Crippen LogP contribution in [0.3, 0.4) is 0 Å². The molecule has 0 radical (unpaired) electrons. The number of halogens is 1. The summed E-state index contributed by atoms with van der Waals surface area (Å²) in [6, 6.07) is 3.69. The summed E-state index contributed by atoms with van der Waals surface area (Å²) in [6.45, 7) is 1.84. The number of aromatic amines is 1. The van der Waals surface area contributed by atoms with E-state index in [1.54, 1.807) is 0 Å². The van der Waals surface area contributed by atoms with Crippen LogP contribution >= 0.6 is 0 Å². The number of aromatic nitrogens is 2. The summed E-state index contributed by atoms with van der Waals surface area (Å²) in [5.74, 6) is -0.890. The van der Waals surface area contributed by atoms with Crippen molar-refractivity contribution in [3.63, 3.8) is 0 Å². The molecular weight excluding hydrogens is 303 g/mol. The average molecular weight is 314 g/mol. The molecule has 0 spiro atoms. The Labute approximate surface area is 119 Å². The second-order valence-electron chi connectivity index (χ2n) is 4.11. The SMILES string of the molecule is CCc1cc(NS(=O)(=O)c2ccc(F)cc2[N+](=O)[O-])n[nH]1. The Morgan fingerprint density at radius 3 is 2.71 bits per heavy atom. The van der Waals surface area contributed by atoms with Gasteiger partial charge in [0.05, 0.1) is 11.0 Å². The summed E-state index contributed by atoms with van der Waals surface area (Å²) in [7, 11) is -4.24. The highest BCUT2D eigenvalue weighted by Gasteiger charge is 2.27. The molecule has 0 atom stereocenters. The molecule has 0 aliphatic carbocycles. The average Bonchev–Trinajstić information content (AvgIpc) is 2.85. The Balaban J connectivity index is 2.42. The third-order valence-corrected chi connectivity index (χ3v) is 4.06. The fraction of sp³-hybridized carbons (Fsp3) is 0.182. The highest BCUT2D eigenvalue weighted by atomic mass is 32.2. The van der Waals surface area contributed by atoms with Crippen LogP contribution in [0.4, 0.5) is 15.9 Å². The van der Waals surface area contributed by atoms with E-state index in [0.29, 0.717) is 18.2 Å². The smallest absolute Gasteiger partial charge is 0.280 e. The van der Waals surface area contributed by atoms with Gasteiger partial charge < -0.3 is 0 Å². The lowest BCUT2D eigenvalue weighted by molar-refractivity contribution is -0.388. The topological polar surface area (TPSA) is 118 Å². The van der Waals surface area contributed by atoms with Crippen molar-refractivity contribution in [2.24, 2.45) is 0 Å². The number of sulfonamides is 1. The van der Waals surface area contributed by atoms with Crippen LogP contribution in [0.15, 0.2) is 29.2 Å². The van der Waals surface area contributed by atoms with E-state index in [-0.39, 0.29) is 5.82 Å². The maximum absolute atomic E-state index is 13.0. The van der Waals surface area contributed by atoms with Gasteiger partial charge in [-0.3, -0.25) is 19.9 Å². The molecule has 2 rings (SSSR count). The van der Waals surface area contributed by atoms with Gasteiger partial charge >= 0.3 is 0 Å². The van der Waals surface area contributed by atoms with E-state index in [9.17, 15) is 22.9 Å². The molecular formula is C11H11FN4O4S. The van der Waals surface area contributed by atoms with Gasteiger partial charge in [0.25, 0.3) is 15.7 Å². The zero-order valence-electron chi connectivity index (χ0n) is 10.8. The third-order valence-electron chi connectivity index (χ3n) is 2.66. The van der Waals surface area contributed by atoms with Crippen molar-refractivity contribution < 1.29 is 17.7 Å². The summed E-state index contributed by atoms with van der Waals surface area (Å²) < 4.78 is 39.4. The van der Waals surface area contributed by atoms with E-state index in [2.05, 4.69) is 14.9 Å². The number of nitro benzene ring substituents is 1. The lowest BCUT2D eigenvalue weighted by Crippen LogP contribution is -2.15. The van der Waals surface area contributed by atoms with E-state index < -0.39 is 31.3 Å². The molecule has 0 aliphatic heterocycles. The molecule has 0 fully saturated rings. The van der Waals surface area contributed by atoms with Gasteiger partial charge in [-0.25, -0.2) is 12.8 Å². The number of H-pyrrole nitrogens is 1. The summed E-state index contributed by atoms with van der Waals surface area (Å²) in [6.07, 6.45) is 0.616. The number of benzene rings is 1. The highest BCUT2D eigenvalue weighted by Crippen LogP contribution is 2.26. The lowest BCUT2D eigenvalue weighted by Gasteiger charge is -2.05. The van der Waals surface area contributed by atoms with Crippen LogP contribution in [0, 0.1) is 15.9 Å². The monoisotopic (exact) mass is 314 g/mol. The lowest BCUT2D eigenvalue weighted by atomic mass is 10.3. The van der Waals surface area contributed by atoms with Crippen LogP contribution in [0.25, 0.3) is 0 Å². The van der Waals surface area contributed by atoms with Crippen LogP contribution in [0.5, 0.6) is 0 Å². The number of anilines is 1. The third kappa shape index (κ3) is 3.16. The van der Waals surface area contributed by atoms with E-state index in [1.807, 2.05) is 6.92 Å². The standard InChI is InChI=1S/C11H11FN4O4S/c1-2-8-6-11(14-13-8)15-21(19,20)10-4-3-7(12)5-9(10)16(17)18/h3-6H,2H2,1H3,(H2,13,14,15). The highest BCUT2D eigenvalue weighted by molar-refractivity contribution is 7.92. The van der Waals surface area contributed by atoms with Gasteiger partial charge in [-0.05, 0) is 18.6 Å². The zero-order valence-corrected chi connectivity index (χ0v) is 11.6. The van der Waals surface area contributed by atoms with Crippen molar-refractivity contribution in [3.05, 3.63) is 45.9 Å². The minimum atomic E-state index is -4.24. The summed E-state index contributed by atoms with van der Waals surface area (Å²) in [5.41, 5.74) is -0.143. The summed E-state index contributed by atoms with van der Waals surface area (Å²) in [5, 5.41) is 17.2. The summed E-state index contributed by atoms with van der Waals surface area (Å²) >= 11 is 0. The van der Waals surface area contributed by atoms with Gasteiger partial charge in [-0.2, -0.15) is 5.10 Å². The van der Waals surface area contributed by atoms with Crippen molar-refractivity contribution in [1.82, 2.24) is 10.2 Å². The van der Waals surface area contributed by atoms with Gasteiger partial charge in [0.1, 0.15) is 5.82 Å². The number of nitro groups is 1. The van der Waals surface area contributed by atoms with E-state index in [4.69, 9.17) is 0 Å². The Hall–Kier alpha value is -2.49. The molecule has 1 aromatic carbocycles. The van der Waals surface area contributed by atoms with Gasteiger partial charge in [-0.1, -0.05) is 6.92 Å². The normalized spacial score (nSPS) is 11.3. The van der Waals surface area contributed by atoms with E-state index in [0.717, 1.165) is 12.1 Å². The number of rotatable bonds is 5. The van der Waals surface area contributed by atoms with E-state index >= 15 is 0 Å². The second-order valence-corrected chi connectivity index (χ2v) is 5.76. The van der Waals surface area contributed by atoms with Gasteiger partial charge in [0, 0.05) is 11.8 Å². The number of nitrogens with one attached hydrogen (secondary N) is 2. The second kappa shape index (κ2) is 5.48. The number of aryl methyl sites for hydroxylation is 1. The molecule has 0 amide bonds. The van der Waals surface area contributed by atoms with Crippen molar-refractivity contribution in [1.29, 1.82) is 0 Å². The van der Waals surface area contributed by atoms with Crippen LogP contribution < -0.4 is 4.72 Å². The first-order valence-corrected chi connectivity index (χ1v) is 7.33. The van der Waals surface area contributed by atoms with Gasteiger partial charge in [0.15, 0.2) is 10.7 Å². The quantitative estimate of drug-likeness (QED) is 0.644. The van der Waals surface area contributed by atoms with Gasteiger partial charge in [-0.15, -0.1) is 0 Å². The molecule has 21 heavy (non-hydrogen) atoms. The maximum Gasteiger partial charge on any atom is 0.292 e. The fourth-order valence-corrected chi connectivity index (χ4v) is 2.79. The minimum absolute atomic E-state index is 0.00507. The zero-order chi connectivity index (χ0) is 15.6. The number of nitrogens with zero attached hydrogens (tertiary/aromatic N) is 2. The molecule has 1 heterocycles. The number of hydrogen-bond acceptors (Lipinski definition) is 5. The molecule has 2 aromatic rings. The first-order valence-electron chi connectivity index (χ1n) is 5.84. The molecule has 0 saturated heterocycles. The van der Waals surface area contributed by atoms with Gasteiger partial charge in [0.2, 0.25) is 0 Å². The Kier molecular flexibility index (Phi) is 3.89. The minimum Gasteiger partial charge on any atom is -0.280 e. The fourth-order valence-electron chi connectivity index (χ4n) is 1.65. The molecule has 2 N–H and O–H groups in total. The molecule has 0 unspecified atom stereocenters. The molecule has 112 valence electrons. The Morgan fingerprint density at radius 1 is 1.43 bits per heavy atom. The summed E-state index contributed by atoms with van der Waals surface area (Å²) in [4.78, 5) is 9.26. The van der Waals surface area contributed by atoms with Crippen molar-refractivity contribution >= 4 is 21.5 Å². The van der Waals surface area contributed by atoms with Crippen LogP contribution in [-0.4, -0.2) is 23.5 Å². The molecule has 8 nitrogen and oxygen atoms in total. The molecule has 0 bridgehead atoms. The first kappa shape index (κ1) is 14.9. The predicted molar refractivity (Wildman–Crippen MR) is 71.8 cm³/mol. The molecule has 10 heteroatoms. The first-order chi connectivity index (χ1) is 9.83. The van der Waals surface area contributed by atoms with Crippen LogP contribution in [-0.2, 0) is 16.4 Å². The molecule has 0 aliphatic rings. The predicted octanol–water partition coefficient (Wildman–Crippen LogP) is 1.82. The Morgan fingerprint density at radius 2 is 2.14 bits per heavy atom. The maximum atomic E-state index is 13.0.